The molecule has 3 N–H and O–H groups in total. The highest BCUT2D eigenvalue weighted by molar-refractivity contribution is 5.89. The summed E-state index contributed by atoms with van der Waals surface area (Å²) in [6, 6.07) is -1.43. The maximum absolute atomic E-state index is 13.5. The van der Waals surface area contributed by atoms with E-state index in [0.29, 0.717) is 30.7 Å². The minimum atomic E-state index is -1.43. The summed E-state index contributed by atoms with van der Waals surface area (Å²) in [5.41, 5.74) is 0.300. The summed E-state index contributed by atoms with van der Waals surface area (Å²) >= 11 is 0. The number of piperidine rings is 1. The van der Waals surface area contributed by atoms with E-state index in [9.17, 15) is 29.4 Å². The van der Waals surface area contributed by atoms with Gasteiger partial charge in [-0.25, -0.2) is 4.79 Å². The second-order valence-corrected chi connectivity index (χ2v) is 13.1. The number of aliphatic carboxylic acids is 2. The lowest BCUT2D eigenvalue weighted by Gasteiger charge is -2.57. The predicted molar refractivity (Wildman–Crippen MR) is 147 cm³/mol. The van der Waals surface area contributed by atoms with Crippen LogP contribution in [0.2, 0.25) is 0 Å². The Morgan fingerprint density at radius 3 is 2.08 bits per heavy atom. The topological polar surface area (TPSA) is 127 Å². The first kappa shape index (κ1) is 29.8. The van der Waals surface area contributed by atoms with E-state index in [0.717, 1.165) is 62.9 Å². The maximum Gasteiger partial charge on any atom is 0.327 e. The van der Waals surface area contributed by atoms with Crippen molar-refractivity contribution in [2.75, 3.05) is 32.7 Å². The first-order valence-corrected chi connectivity index (χ1v) is 15.4. The second kappa shape index (κ2) is 13.5. The molecule has 5 fully saturated rings. The van der Waals surface area contributed by atoms with Crippen LogP contribution in [0.3, 0.4) is 0 Å². The molecule has 0 unspecified atom stereocenters. The monoisotopic (exact) mass is 547 g/mol. The van der Waals surface area contributed by atoms with Crippen LogP contribution in [0.25, 0.3) is 0 Å². The molecule has 5 aliphatic rings. The molecule has 1 saturated heterocycles. The highest BCUT2D eigenvalue weighted by atomic mass is 16.4. The van der Waals surface area contributed by atoms with Gasteiger partial charge in [-0.3, -0.25) is 14.4 Å². The first-order chi connectivity index (χ1) is 18.7. The molecular weight excluding hydrogens is 498 g/mol. The first-order valence-electron chi connectivity index (χ1n) is 15.4. The molecule has 4 bridgehead atoms. The third kappa shape index (κ3) is 7.95. The van der Waals surface area contributed by atoms with Crippen LogP contribution < -0.4 is 5.32 Å². The molecule has 4 saturated carbocycles. The summed E-state index contributed by atoms with van der Waals surface area (Å²) < 4.78 is 0. The zero-order chi connectivity index (χ0) is 28.0. The third-order valence-electron chi connectivity index (χ3n) is 10.1. The number of carbonyl (C=O) groups excluding carboxylic acids is 2. The molecule has 0 spiro atoms. The van der Waals surface area contributed by atoms with E-state index >= 15 is 0 Å². The summed E-state index contributed by atoms with van der Waals surface area (Å²) in [7, 11) is 0. The Balaban J connectivity index is 1.35. The van der Waals surface area contributed by atoms with Crippen LogP contribution in [0.4, 0.5) is 0 Å². The lowest BCUT2D eigenvalue weighted by atomic mass is 9.48. The molecule has 5 rings (SSSR count). The molecule has 1 heterocycles. The number of nitrogens with zero attached hydrogens (tertiary/aromatic N) is 2. The summed E-state index contributed by atoms with van der Waals surface area (Å²) in [6.07, 6.45) is 13.1. The molecule has 9 heteroatoms. The van der Waals surface area contributed by atoms with Gasteiger partial charge in [0.2, 0.25) is 11.8 Å². The van der Waals surface area contributed by atoms with Crippen molar-refractivity contribution in [1.29, 1.82) is 0 Å². The summed E-state index contributed by atoms with van der Waals surface area (Å²) in [4.78, 5) is 52.8. The van der Waals surface area contributed by atoms with Crippen LogP contribution >= 0.6 is 0 Å². The fraction of sp³-hybridized carbons (Fsp3) is 0.867. The molecular formula is C30H49N3O6. The van der Waals surface area contributed by atoms with E-state index < -0.39 is 30.3 Å². The van der Waals surface area contributed by atoms with Gasteiger partial charge in [0.1, 0.15) is 6.04 Å². The molecule has 220 valence electrons. The average Bonchev–Trinajstić information content (AvgIpc) is 2.88. The van der Waals surface area contributed by atoms with Gasteiger partial charge in [-0.1, -0.05) is 0 Å². The van der Waals surface area contributed by atoms with Crippen molar-refractivity contribution in [3.05, 3.63) is 0 Å². The maximum atomic E-state index is 13.5. The van der Waals surface area contributed by atoms with E-state index in [4.69, 9.17) is 0 Å². The molecule has 1 atom stereocenters. The van der Waals surface area contributed by atoms with Crippen molar-refractivity contribution in [1.82, 2.24) is 15.1 Å². The number of likely N-dealkylation sites (N-methyl/N-ethyl adjacent to an activating group) is 1. The van der Waals surface area contributed by atoms with E-state index in [1.54, 1.807) is 0 Å². The van der Waals surface area contributed by atoms with Crippen LogP contribution in [-0.4, -0.2) is 82.5 Å². The van der Waals surface area contributed by atoms with E-state index in [-0.39, 0.29) is 19.0 Å². The predicted octanol–water partition coefficient (Wildman–Crippen LogP) is 3.76. The Morgan fingerprint density at radius 1 is 0.923 bits per heavy atom. The highest BCUT2D eigenvalue weighted by Crippen LogP contribution is 2.61. The number of hydrogen-bond donors (Lipinski definition) is 3. The zero-order valence-corrected chi connectivity index (χ0v) is 23.7. The Kier molecular flexibility index (Phi) is 10.3. The minimum absolute atomic E-state index is 0.0987. The summed E-state index contributed by atoms with van der Waals surface area (Å²) in [5, 5.41) is 22.6. The van der Waals surface area contributed by atoms with E-state index in [1.807, 2.05) is 6.92 Å². The molecule has 0 radical (unpaired) electrons. The molecule has 0 aromatic carbocycles. The minimum Gasteiger partial charge on any atom is -0.481 e. The average molecular weight is 548 g/mol. The van der Waals surface area contributed by atoms with Crippen LogP contribution in [0.15, 0.2) is 0 Å². The van der Waals surface area contributed by atoms with Gasteiger partial charge in [0, 0.05) is 19.5 Å². The molecule has 39 heavy (non-hydrogen) atoms. The normalized spacial score (nSPS) is 28.7. The van der Waals surface area contributed by atoms with Crippen molar-refractivity contribution in [2.45, 2.75) is 103 Å². The smallest absolute Gasteiger partial charge is 0.327 e. The van der Waals surface area contributed by atoms with Gasteiger partial charge in [0.15, 0.2) is 0 Å². The Labute approximate surface area is 233 Å². The van der Waals surface area contributed by atoms with Gasteiger partial charge in [-0.15, -0.1) is 0 Å². The summed E-state index contributed by atoms with van der Waals surface area (Å²) in [5.74, 6) is -0.0572. The molecule has 2 amide bonds. The quantitative estimate of drug-likeness (QED) is 0.285. The van der Waals surface area contributed by atoms with Crippen molar-refractivity contribution >= 4 is 23.8 Å². The number of carbonyl (C=O) groups is 4. The van der Waals surface area contributed by atoms with Gasteiger partial charge in [-0.05, 0) is 126 Å². The largest absolute Gasteiger partial charge is 0.481 e. The zero-order valence-electron chi connectivity index (χ0n) is 23.7. The van der Waals surface area contributed by atoms with Crippen LogP contribution in [0.1, 0.15) is 96.8 Å². The van der Waals surface area contributed by atoms with E-state index in [1.165, 1.54) is 48.3 Å². The molecule has 4 aliphatic carbocycles. The Bertz CT molecular complexity index is 851. The van der Waals surface area contributed by atoms with Gasteiger partial charge in [-0.2, -0.15) is 0 Å². The second-order valence-electron chi connectivity index (χ2n) is 13.1. The van der Waals surface area contributed by atoms with Crippen LogP contribution in [0.5, 0.6) is 0 Å². The fourth-order valence-electron chi connectivity index (χ4n) is 8.67. The number of nitrogens with one attached hydrogen (secondary N) is 1. The van der Waals surface area contributed by atoms with Crippen molar-refractivity contribution < 1.29 is 29.4 Å². The highest BCUT2D eigenvalue weighted by Gasteiger charge is 2.50. The number of hydrogen-bond acceptors (Lipinski definition) is 5. The van der Waals surface area contributed by atoms with Crippen molar-refractivity contribution in [2.24, 2.45) is 29.1 Å². The standard InChI is InChI=1S/C30H49N3O6/c1-2-32(26(34)6-3-5-21-7-10-31-11-8-21)20-27(35)33(25(29(38)39)16-28(36)37)12-4-9-30-17-22-13-23(18-30)15-24(14-22)19-30/h21-25,31H,2-20H2,1H3,(H,36,37)(H,38,39)/t22?,23?,24?,25-,30?/m0/s1. The fourth-order valence-corrected chi connectivity index (χ4v) is 8.67. The lowest BCUT2D eigenvalue weighted by Crippen LogP contribution is -2.51. The molecule has 9 nitrogen and oxygen atoms in total. The van der Waals surface area contributed by atoms with Gasteiger partial charge >= 0.3 is 11.9 Å². The van der Waals surface area contributed by atoms with Gasteiger partial charge in [0.25, 0.3) is 0 Å². The van der Waals surface area contributed by atoms with E-state index in [2.05, 4.69) is 5.32 Å². The number of carboxylic acid groups (broad SMARTS) is 2. The molecule has 0 aromatic rings. The van der Waals surface area contributed by atoms with Crippen molar-refractivity contribution in [3.63, 3.8) is 0 Å². The van der Waals surface area contributed by atoms with Crippen molar-refractivity contribution in [3.8, 4) is 0 Å². The third-order valence-corrected chi connectivity index (χ3v) is 10.1. The molecule has 1 aliphatic heterocycles. The Morgan fingerprint density at radius 2 is 1.54 bits per heavy atom. The van der Waals surface area contributed by atoms with Crippen LogP contribution in [0, 0.1) is 29.1 Å². The van der Waals surface area contributed by atoms with Gasteiger partial charge < -0.3 is 25.3 Å². The number of rotatable bonds is 15. The van der Waals surface area contributed by atoms with Crippen LogP contribution in [-0.2, 0) is 19.2 Å². The SMILES string of the molecule is CCN(CC(=O)N(CCCC12CC3CC(CC(C3)C1)C2)[C@@H](CC(=O)O)C(=O)O)C(=O)CCCC1CCNCC1. The Hall–Kier alpha value is -2.16. The lowest BCUT2D eigenvalue weighted by molar-refractivity contribution is -0.156. The number of amides is 2. The number of carboxylic acids is 2. The van der Waals surface area contributed by atoms with Gasteiger partial charge in [0.05, 0.1) is 13.0 Å². The molecule has 0 aromatic heterocycles. The summed E-state index contributed by atoms with van der Waals surface area (Å²) in [6.45, 7) is 4.23.